The Hall–Kier alpha value is -1.35. The summed E-state index contributed by atoms with van der Waals surface area (Å²) >= 11 is 5.92. The molecule has 1 aromatic heterocycles. The molecule has 0 N–H and O–H groups in total. The zero-order chi connectivity index (χ0) is 11.0. The second-order valence-corrected chi connectivity index (χ2v) is 4.12. The van der Waals surface area contributed by atoms with Crippen LogP contribution in [0.25, 0.3) is 11.0 Å². The lowest BCUT2D eigenvalue weighted by Crippen LogP contribution is -2.05. The minimum absolute atomic E-state index is 0.189. The highest BCUT2D eigenvalue weighted by atomic mass is 35.5. The monoisotopic (exact) mass is 222 g/mol. The summed E-state index contributed by atoms with van der Waals surface area (Å²) in [6, 6.07) is 5.62. The summed E-state index contributed by atoms with van der Waals surface area (Å²) in [6.45, 7) is 4.02. The quantitative estimate of drug-likeness (QED) is 0.732. The van der Waals surface area contributed by atoms with Crippen molar-refractivity contribution < 1.29 is 4.79 Å². The first-order valence-electron chi connectivity index (χ1n) is 4.76. The molecule has 2 aromatic rings. The molecule has 0 radical (unpaired) electrons. The normalized spacial score (nSPS) is 11.2. The lowest BCUT2D eigenvalue weighted by atomic mass is 10.3. The van der Waals surface area contributed by atoms with Crippen LogP contribution in [0.2, 0.25) is 5.02 Å². The van der Waals surface area contributed by atoms with Gasteiger partial charge in [0.25, 0.3) is 0 Å². The molecule has 0 saturated carbocycles. The average molecular weight is 223 g/mol. The molecule has 0 atom stereocenters. The van der Waals surface area contributed by atoms with Crippen LogP contribution in [0.5, 0.6) is 0 Å². The fourth-order valence-electron chi connectivity index (χ4n) is 1.71. The summed E-state index contributed by atoms with van der Waals surface area (Å²) in [6.07, 6.45) is 0.772. The predicted molar refractivity (Wildman–Crippen MR) is 60.5 cm³/mol. The number of hydrogen-bond donors (Lipinski definition) is 0. The molecule has 3 nitrogen and oxygen atoms in total. The van der Waals surface area contributed by atoms with Gasteiger partial charge in [-0.05, 0) is 32.0 Å². The number of carbonyl (C=O) groups excluding carboxylic acids is 1. The van der Waals surface area contributed by atoms with E-state index in [-0.39, 0.29) is 6.04 Å². The van der Waals surface area contributed by atoms with Gasteiger partial charge in [0, 0.05) is 11.1 Å². The number of carbonyl (C=O) groups is 1. The molecule has 0 spiro atoms. The number of aromatic nitrogens is 2. The number of hydrogen-bond acceptors (Lipinski definition) is 2. The third kappa shape index (κ3) is 1.63. The zero-order valence-electron chi connectivity index (χ0n) is 8.57. The van der Waals surface area contributed by atoms with Crippen molar-refractivity contribution in [3.8, 4) is 0 Å². The summed E-state index contributed by atoms with van der Waals surface area (Å²) in [5.74, 6) is 0.447. The van der Waals surface area contributed by atoms with Gasteiger partial charge in [0.2, 0.25) is 0 Å². The number of rotatable bonds is 2. The van der Waals surface area contributed by atoms with Crippen LogP contribution in [0.3, 0.4) is 0 Å². The molecule has 1 aromatic carbocycles. The predicted octanol–water partition coefficient (Wildman–Crippen LogP) is 3.08. The van der Waals surface area contributed by atoms with Gasteiger partial charge in [-0.1, -0.05) is 11.6 Å². The zero-order valence-corrected chi connectivity index (χ0v) is 9.32. The Morgan fingerprint density at radius 1 is 1.47 bits per heavy atom. The first-order valence-corrected chi connectivity index (χ1v) is 5.14. The largest absolute Gasteiger partial charge is 0.319 e. The average Bonchev–Trinajstić information content (AvgIpc) is 2.55. The Bertz CT molecular complexity index is 517. The van der Waals surface area contributed by atoms with Crippen LogP contribution in [-0.2, 0) is 0 Å². The van der Waals surface area contributed by atoms with Crippen molar-refractivity contribution in [2.75, 3.05) is 0 Å². The number of nitrogens with zero attached hydrogens (tertiary/aromatic N) is 2. The van der Waals surface area contributed by atoms with Crippen molar-refractivity contribution in [2.24, 2.45) is 0 Å². The first-order chi connectivity index (χ1) is 7.13. The van der Waals surface area contributed by atoms with Gasteiger partial charge < -0.3 is 4.57 Å². The highest BCUT2D eigenvalue weighted by Crippen LogP contribution is 2.23. The number of aldehydes is 1. The minimum atomic E-state index is 0.189. The molecule has 0 aliphatic heterocycles. The van der Waals surface area contributed by atoms with Crippen LogP contribution in [-0.4, -0.2) is 15.8 Å². The Kier molecular flexibility index (Phi) is 2.49. The van der Waals surface area contributed by atoms with E-state index in [4.69, 9.17) is 11.6 Å². The second kappa shape index (κ2) is 3.66. The van der Waals surface area contributed by atoms with Crippen LogP contribution in [0, 0.1) is 0 Å². The highest BCUT2D eigenvalue weighted by molar-refractivity contribution is 6.31. The van der Waals surface area contributed by atoms with Crippen molar-refractivity contribution in [1.82, 2.24) is 9.55 Å². The van der Waals surface area contributed by atoms with Gasteiger partial charge in [0.1, 0.15) is 0 Å². The van der Waals surface area contributed by atoms with Crippen molar-refractivity contribution >= 4 is 28.9 Å². The van der Waals surface area contributed by atoms with Crippen LogP contribution in [0.15, 0.2) is 18.2 Å². The van der Waals surface area contributed by atoms with E-state index in [2.05, 4.69) is 4.98 Å². The Morgan fingerprint density at radius 2 is 2.20 bits per heavy atom. The molecule has 1 heterocycles. The molecule has 0 amide bonds. The van der Waals surface area contributed by atoms with Crippen LogP contribution in [0.4, 0.5) is 0 Å². The van der Waals surface area contributed by atoms with Gasteiger partial charge in [-0.2, -0.15) is 0 Å². The van der Waals surface area contributed by atoms with Gasteiger partial charge in [0.05, 0.1) is 11.0 Å². The fourth-order valence-corrected chi connectivity index (χ4v) is 1.88. The first kappa shape index (κ1) is 10.2. The maximum absolute atomic E-state index is 10.9. The third-order valence-corrected chi connectivity index (χ3v) is 2.54. The minimum Gasteiger partial charge on any atom is -0.319 e. The summed E-state index contributed by atoms with van der Waals surface area (Å²) in [7, 11) is 0. The molecule has 4 heteroatoms. The van der Waals surface area contributed by atoms with Crippen molar-refractivity contribution in [3.63, 3.8) is 0 Å². The molecule has 0 unspecified atom stereocenters. The SMILES string of the molecule is CC(C)n1c(C=O)nc2ccc(Cl)cc21. The van der Waals surface area contributed by atoms with Gasteiger partial charge in [-0.3, -0.25) is 4.79 Å². The molecular formula is C11H11ClN2O. The number of fused-ring (bicyclic) bond motifs is 1. The Morgan fingerprint density at radius 3 is 2.80 bits per heavy atom. The smallest absolute Gasteiger partial charge is 0.185 e. The Balaban J connectivity index is 2.82. The van der Waals surface area contributed by atoms with Crippen LogP contribution >= 0.6 is 11.6 Å². The standard InChI is InChI=1S/C11H11ClN2O/c1-7(2)14-10-5-8(12)3-4-9(10)13-11(14)6-15/h3-7H,1-2H3. The summed E-state index contributed by atoms with van der Waals surface area (Å²) < 4.78 is 1.88. The molecular weight excluding hydrogens is 212 g/mol. The molecule has 78 valence electrons. The molecule has 2 rings (SSSR count). The van der Waals surface area contributed by atoms with E-state index < -0.39 is 0 Å². The number of halogens is 1. The van der Waals surface area contributed by atoms with E-state index in [9.17, 15) is 4.79 Å². The van der Waals surface area contributed by atoms with E-state index >= 15 is 0 Å². The van der Waals surface area contributed by atoms with Crippen molar-refractivity contribution in [1.29, 1.82) is 0 Å². The maximum Gasteiger partial charge on any atom is 0.185 e. The van der Waals surface area contributed by atoms with E-state index in [1.165, 1.54) is 0 Å². The topological polar surface area (TPSA) is 34.9 Å². The number of imidazole rings is 1. The fraction of sp³-hybridized carbons (Fsp3) is 0.273. The van der Waals surface area contributed by atoms with Gasteiger partial charge in [0.15, 0.2) is 12.1 Å². The maximum atomic E-state index is 10.9. The van der Waals surface area contributed by atoms with Gasteiger partial charge >= 0.3 is 0 Å². The summed E-state index contributed by atoms with van der Waals surface area (Å²) in [4.78, 5) is 15.1. The summed E-state index contributed by atoms with van der Waals surface area (Å²) in [5, 5.41) is 0.654. The Labute approximate surface area is 92.7 Å². The third-order valence-electron chi connectivity index (χ3n) is 2.30. The van der Waals surface area contributed by atoms with E-state index in [0.717, 1.165) is 17.3 Å². The van der Waals surface area contributed by atoms with E-state index in [1.54, 1.807) is 6.07 Å². The molecule has 0 aliphatic rings. The van der Waals surface area contributed by atoms with E-state index in [1.807, 2.05) is 30.5 Å². The molecule has 0 bridgehead atoms. The highest BCUT2D eigenvalue weighted by Gasteiger charge is 2.12. The van der Waals surface area contributed by atoms with E-state index in [0.29, 0.717) is 10.8 Å². The van der Waals surface area contributed by atoms with Crippen molar-refractivity contribution in [3.05, 3.63) is 29.0 Å². The number of benzene rings is 1. The van der Waals surface area contributed by atoms with Crippen LogP contribution in [0.1, 0.15) is 30.5 Å². The molecule has 0 fully saturated rings. The second-order valence-electron chi connectivity index (χ2n) is 3.68. The van der Waals surface area contributed by atoms with Gasteiger partial charge in [-0.25, -0.2) is 4.98 Å². The van der Waals surface area contributed by atoms with Crippen LogP contribution < -0.4 is 0 Å². The molecule has 0 saturated heterocycles. The van der Waals surface area contributed by atoms with Gasteiger partial charge in [-0.15, -0.1) is 0 Å². The molecule has 0 aliphatic carbocycles. The summed E-state index contributed by atoms with van der Waals surface area (Å²) in [5.41, 5.74) is 1.70. The lowest BCUT2D eigenvalue weighted by Gasteiger charge is -2.09. The van der Waals surface area contributed by atoms with Crippen molar-refractivity contribution in [2.45, 2.75) is 19.9 Å². The molecule has 15 heavy (non-hydrogen) atoms. The lowest BCUT2D eigenvalue weighted by molar-refractivity contribution is 0.111.